The summed E-state index contributed by atoms with van der Waals surface area (Å²) in [6, 6.07) is 7.70. The Bertz CT molecular complexity index is 313. The summed E-state index contributed by atoms with van der Waals surface area (Å²) in [6.07, 6.45) is 1.15. The summed E-state index contributed by atoms with van der Waals surface area (Å²) in [7, 11) is 0. The zero-order valence-corrected chi connectivity index (χ0v) is 9.17. The number of nitrogens with one attached hydrogen (secondary N) is 1. The molecule has 0 saturated carbocycles. The maximum absolute atomic E-state index is 6.01. The van der Waals surface area contributed by atoms with Crippen molar-refractivity contribution in [3.8, 4) is 0 Å². The summed E-state index contributed by atoms with van der Waals surface area (Å²) in [6.45, 7) is 1.94. The predicted octanol–water partition coefficient (Wildman–Crippen LogP) is 2.51. The summed E-state index contributed by atoms with van der Waals surface area (Å²) < 4.78 is 10.5. The molecule has 1 aromatic carbocycles. The van der Waals surface area contributed by atoms with E-state index in [9.17, 15) is 0 Å². The lowest BCUT2D eigenvalue weighted by Crippen LogP contribution is -2.30. The molecule has 0 amide bonds. The van der Waals surface area contributed by atoms with E-state index in [1.165, 1.54) is 0 Å². The van der Waals surface area contributed by atoms with Crippen molar-refractivity contribution in [2.45, 2.75) is 12.5 Å². The molecule has 1 saturated heterocycles. The van der Waals surface area contributed by atoms with Crippen LogP contribution in [0.15, 0.2) is 24.3 Å². The Morgan fingerprint density at radius 2 is 2.27 bits per heavy atom. The molecule has 0 spiro atoms. The third kappa shape index (κ3) is 3.09. The van der Waals surface area contributed by atoms with Crippen molar-refractivity contribution in [1.29, 1.82) is 0 Å². The molecular weight excluding hydrogens is 214 g/mol. The van der Waals surface area contributed by atoms with E-state index in [2.05, 4.69) is 5.32 Å². The average Bonchev–Trinajstić information content (AvgIpc) is 2.29. The first-order valence-electron chi connectivity index (χ1n) is 5.04. The van der Waals surface area contributed by atoms with Crippen LogP contribution >= 0.6 is 11.6 Å². The van der Waals surface area contributed by atoms with Gasteiger partial charge in [-0.3, -0.25) is 0 Å². The number of hydrogen-bond acceptors (Lipinski definition) is 3. The van der Waals surface area contributed by atoms with Crippen LogP contribution in [-0.2, 0) is 9.47 Å². The van der Waals surface area contributed by atoms with Crippen LogP contribution in [0.4, 0.5) is 5.69 Å². The number of hydrogen-bond donors (Lipinski definition) is 1. The predicted molar refractivity (Wildman–Crippen MR) is 60.3 cm³/mol. The van der Waals surface area contributed by atoms with Gasteiger partial charge in [0.2, 0.25) is 0 Å². The highest BCUT2D eigenvalue weighted by atomic mass is 35.5. The number of halogens is 1. The fraction of sp³-hybridized carbons (Fsp3) is 0.455. The highest BCUT2D eigenvalue weighted by molar-refractivity contribution is 6.33. The minimum Gasteiger partial charge on any atom is -0.381 e. The van der Waals surface area contributed by atoms with Crippen molar-refractivity contribution >= 4 is 17.3 Å². The lowest BCUT2D eigenvalue weighted by Gasteiger charge is -2.23. The zero-order valence-electron chi connectivity index (χ0n) is 8.41. The largest absolute Gasteiger partial charge is 0.381 e. The Hall–Kier alpha value is -0.770. The van der Waals surface area contributed by atoms with E-state index in [4.69, 9.17) is 21.1 Å². The third-order valence-corrected chi connectivity index (χ3v) is 2.69. The van der Waals surface area contributed by atoms with Gasteiger partial charge in [0, 0.05) is 6.54 Å². The number of para-hydroxylation sites is 1. The fourth-order valence-electron chi connectivity index (χ4n) is 1.49. The maximum atomic E-state index is 6.01. The van der Waals surface area contributed by atoms with Gasteiger partial charge >= 0.3 is 0 Å². The standard InChI is InChI=1S/C11H14ClNO2/c12-10-3-1-2-4-11(10)13-7-9-5-6-14-8-15-9/h1-4,9,13H,5-8H2. The van der Waals surface area contributed by atoms with E-state index < -0.39 is 0 Å². The van der Waals surface area contributed by atoms with Gasteiger partial charge in [0.05, 0.1) is 23.4 Å². The molecule has 1 heterocycles. The van der Waals surface area contributed by atoms with E-state index in [0.717, 1.165) is 30.3 Å². The smallest absolute Gasteiger partial charge is 0.147 e. The molecule has 0 aromatic heterocycles. The molecule has 1 atom stereocenters. The molecule has 1 aromatic rings. The van der Waals surface area contributed by atoms with Gasteiger partial charge in [0.25, 0.3) is 0 Å². The molecule has 0 aliphatic carbocycles. The Balaban J connectivity index is 1.84. The van der Waals surface area contributed by atoms with Crippen LogP contribution in [0.3, 0.4) is 0 Å². The number of rotatable bonds is 3. The van der Waals surface area contributed by atoms with Crippen LogP contribution in [0.2, 0.25) is 5.02 Å². The third-order valence-electron chi connectivity index (χ3n) is 2.37. The second-order valence-corrected chi connectivity index (χ2v) is 3.87. The Kier molecular flexibility index (Phi) is 3.83. The number of ether oxygens (including phenoxy) is 2. The summed E-state index contributed by atoms with van der Waals surface area (Å²) in [4.78, 5) is 0. The Morgan fingerprint density at radius 3 is 3.00 bits per heavy atom. The van der Waals surface area contributed by atoms with Gasteiger partial charge in [-0.25, -0.2) is 0 Å². The molecule has 15 heavy (non-hydrogen) atoms. The molecule has 1 fully saturated rings. The van der Waals surface area contributed by atoms with Crippen molar-refractivity contribution in [3.05, 3.63) is 29.3 Å². The summed E-state index contributed by atoms with van der Waals surface area (Å²) in [5.41, 5.74) is 0.953. The second-order valence-electron chi connectivity index (χ2n) is 3.46. The Labute approximate surface area is 94.3 Å². The summed E-state index contributed by atoms with van der Waals surface area (Å²) in [5.74, 6) is 0. The van der Waals surface area contributed by atoms with Gasteiger partial charge in [-0.05, 0) is 18.6 Å². The monoisotopic (exact) mass is 227 g/mol. The molecule has 0 bridgehead atoms. The maximum Gasteiger partial charge on any atom is 0.147 e. The molecule has 1 unspecified atom stereocenters. The first-order valence-corrected chi connectivity index (χ1v) is 5.42. The van der Waals surface area contributed by atoms with E-state index >= 15 is 0 Å². The van der Waals surface area contributed by atoms with Crippen LogP contribution in [0, 0.1) is 0 Å². The number of benzene rings is 1. The SMILES string of the molecule is Clc1ccccc1NCC1CCOCO1. The molecule has 4 heteroatoms. The van der Waals surface area contributed by atoms with Gasteiger partial charge in [-0.1, -0.05) is 23.7 Å². The molecule has 1 N–H and O–H groups in total. The Morgan fingerprint density at radius 1 is 1.40 bits per heavy atom. The van der Waals surface area contributed by atoms with Gasteiger partial charge in [-0.15, -0.1) is 0 Å². The van der Waals surface area contributed by atoms with Crippen molar-refractivity contribution in [3.63, 3.8) is 0 Å². The lowest BCUT2D eigenvalue weighted by molar-refractivity contribution is -0.133. The van der Waals surface area contributed by atoms with Crippen molar-refractivity contribution in [2.75, 3.05) is 25.3 Å². The van der Waals surface area contributed by atoms with Gasteiger partial charge < -0.3 is 14.8 Å². The quantitative estimate of drug-likeness (QED) is 0.861. The van der Waals surface area contributed by atoms with E-state index in [0.29, 0.717) is 6.79 Å². The lowest BCUT2D eigenvalue weighted by atomic mass is 10.2. The minimum atomic E-state index is 0.218. The first kappa shape index (κ1) is 10.7. The first-order chi connectivity index (χ1) is 7.36. The van der Waals surface area contributed by atoms with E-state index in [1.54, 1.807) is 0 Å². The van der Waals surface area contributed by atoms with Crippen LogP contribution in [0.1, 0.15) is 6.42 Å². The van der Waals surface area contributed by atoms with Crippen molar-refractivity contribution < 1.29 is 9.47 Å². The number of anilines is 1. The molecule has 0 radical (unpaired) electrons. The normalized spacial score (nSPS) is 21.3. The van der Waals surface area contributed by atoms with Crippen LogP contribution in [0.5, 0.6) is 0 Å². The average molecular weight is 228 g/mol. The van der Waals surface area contributed by atoms with Gasteiger partial charge in [0.1, 0.15) is 6.79 Å². The molecule has 1 aliphatic rings. The minimum absolute atomic E-state index is 0.218. The van der Waals surface area contributed by atoms with E-state index in [-0.39, 0.29) is 6.10 Å². The van der Waals surface area contributed by atoms with Crippen LogP contribution in [0.25, 0.3) is 0 Å². The molecule has 3 nitrogen and oxygen atoms in total. The molecular formula is C11H14ClNO2. The zero-order chi connectivity index (χ0) is 10.5. The molecule has 82 valence electrons. The highest BCUT2D eigenvalue weighted by Crippen LogP contribution is 2.20. The molecule has 1 aliphatic heterocycles. The van der Waals surface area contributed by atoms with E-state index in [1.807, 2.05) is 24.3 Å². The molecule has 2 rings (SSSR count). The van der Waals surface area contributed by atoms with Crippen LogP contribution < -0.4 is 5.32 Å². The van der Waals surface area contributed by atoms with Crippen LogP contribution in [-0.4, -0.2) is 26.0 Å². The van der Waals surface area contributed by atoms with Gasteiger partial charge in [-0.2, -0.15) is 0 Å². The summed E-state index contributed by atoms with van der Waals surface area (Å²) >= 11 is 6.01. The van der Waals surface area contributed by atoms with Crippen molar-refractivity contribution in [2.24, 2.45) is 0 Å². The van der Waals surface area contributed by atoms with Gasteiger partial charge in [0.15, 0.2) is 0 Å². The topological polar surface area (TPSA) is 30.5 Å². The van der Waals surface area contributed by atoms with Crippen molar-refractivity contribution in [1.82, 2.24) is 0 Å². The highest BCUT2D eigenvalue weighted by Gasteiger charge is 2.13. The fourth-order valence-corrected chi connectivity index (χ4v) is 1.69. The second kappa shape index (κ2) is 5.35. The summed E-state index contributed by atoms with van der Waals surface area (Å²) in [5, 5.41) is 4.01.